The van der Waals surface area contributed by atoms with Crippen molar-refractivity contribution in [3.63, 3.8) is 0 Å². The molecule has 0 aromatic heterocycles. The van der Waals surface area contributed by atoms with Gasteiger partial charge in [0.25, 0.3) is 0 Å². The molecule has 0 radical (unpaired) electrons. The van der Waals surface area contributed by atoms with Crippen molar-refractivity contribution in [1.82, 2.24) is 0 Å². The zero-order chi connectivity index (χ0) is 14.9. The fraction of sp³-hybridized carbons (Fsp3) is 0.533. The lowest BCUT2D eigenvalue weighted by Gasteiger charge is -2.23. The molecule has 0 saturated carbocycles. The number of benzene rings is 1. The van der Waals surface area contributed by atoms with Crippen molar-refractivity contribution in [3.05, 3.63) is 17.7 Å². The number of rotatable bonds is 1. The molecule has 0 saturated heterocycles. The molecule has 20 heavy (non-hydrogen) atoms. The monoisotopic (exact) mass is 278 g/mol. The van der Waals surface area contributed by atoms with E-state index >= 15 is 0 Å². The van der Waals surface area contributed by atoms with Crippen molar-refractivity contribution in [1.29, 1.82) is 0 Å². The van der Waals surface area contributed by atoms with Crippen LogP contribution in [0.15, 0.2) is 12.1 Å². The summed E-state index contributed by atoms with van der Waals surface area (Å²) in [4.78, 5) is 12.1. The summed E-state index contributed by atoms with van der Waals surface area (Å²) in [6, 6.07) is 3.37. The first-order valence-corrected chi connectivity index (χ1v) is 6.84. The topological polar surface area (TPSA) is 84.6 Å². The van der Waals surface area contributed by atoms with E-state index in [1.165, 1.54) is 0 Å². The van der Waals surface area contributed by atoms with Crippen LogP contribution in [0.1, 0.15) is 32.8 Å². The van der Waals surface area contributed by atoms with Crippen LogP contribution in [0.2, 0.25) is 0 Å². The predicted molar refractivity (Wildman–Crippen MR) is 78.7 cm³/mol. The fourth-order valence-corrected chi connectivity index (χ4v) is 2.27. The summed E-state index contributed by atoms with van der Waals surface area (Å²) < 4.78 is 5.43. The van der Waals surface area contributed by atoms with E-state index in [9.17, 15) is 9.90 Å². The Labute approximate surface area is 119 Å². The van der Waals surface area contributed by atoms with Gasteiger partial charge in [0.1, 0.15) is 11.4 Å². The lowest BCUT2D eigenvalue weighted by atomic mass is 10.0. The SMILES string of the molecule is CC(C)(C)OC(=O)C1CCc2cc(N)c(O)cc2NC1. The third kappa shape index (κ3) is 3.35. The summed E-state index contributed by atoms with van der Waals surface area (Å²) >= 11 is 0. The third-order valence-corrected chi connectivity index (χ3v) is 3.29. The summed E-state index contributed by atoms with van der Waals surface area (Å²) in [5, 5.41) is 12.8. The maximum atomic E-state index is 12.1. The summed E-state index contributed by atoms with van der Waals surface area (Å²) in [6.45, 7) is 6.10. The number of hydrogen-bond acceptors (Lipinski definition) is 5. The van der Waals surface area contributed by atoms with Crippen molar-refractivity contribution in [2.45, 2.75) is 39.2 Å². The normalized spacial score (nSPS) is 18.6. The first-order chi connectivity index (χ1) is 9.26. The van der Waals surface area contributed by atoms with Gasteiger partial charge in [0, 0.05) is 18.3 Å². The van der Waals surface area contributed by atoms with Crippen LogP contribution in [0.5, 0.6) is 5.75 Å². The highest BCUT2D eigenvalue weighted by Crippen LogP contribution is 2.32. The first-order valence-electron chi connectivity index (χ1n) is 6.84. The second-order valence-corrected chi connectivity index (χ2v) is 6.22. The summed E-state index contributed by atoms with van der Waals surface area (Å²) in [7, 11) is 0. The highest BCUT2D eigenvalue weighted by atomic mass is 16.6. The Morgan fingerprint density at radius 2 is 2.15 bits per heavy atom. The number of nitrogens with two attached hydrogens (primary N) is 1. The maximum Gasteiger partial charge on any atom is 0.311 e. The van der Waals surface area contributed by atoms with Gasteiger partial charge >= 0.3 is 5.97 Å². The van der Waals surface area contributed by atoms with E-state index in [0.29, 0.717) is 18.7 Å². The number of hydrogen-bond donors (Lipinski definition) is 3. The number of anilines is 2. The molecular formula is C15H22N2O3. The average Bonchev–Trinajstić information content (AvgIpc) is 2.50. The number of carbonyl (C=O) groups is 1. The number of carbonyl (C=O) groups excluding carboxylic acids is 1. The molecule has 0 bridgehead atoms. The number of phenols is 1. The van der Waals surface area contributed by atoms with Crippen molar-refractivity contribution >= 4 is 17.3 Å². The van der Waals surface area contributed by atoms with Crippen LogP contribution >= 0.6 is 0 Å². The van der Waals surface area contributed by atoms with Crippen molar-refractivity contribution < 1.29 is 14.6 Å². The number of nitrogen functional groups attached to an aromatic ring is 1. The number of phenolic OH excluding ortho intramolecular Hbond substituents is 1. The minimum atomic E-state index is -0.473. The zero-order valence-electron chi connectivity index (χ0n) is 12.2. The molecule has 1 aliphatic rings. The van der Waals surface area contributed by atoms with Gasteiger partial charge < -0.3 is 20.9 Å². The molecule has 1 unspecified atom stereocenters. The molecular weight excluding hydrogens is 256 g/mol. The van der Waals surface area contributed by atoms with E-state index in [1.54, 1.807) is 12.1 Å². The maximum absolute atomic E-state index is 12.1. The van der Waals surface area contributed by atoms with Crippen LogP contribution in [0.4, 0.5) is 11.4 Å². The minimum absolute atomic E-state index is 0.0620. The van der Waals surface area contributed by atoms with Crippen LogP contribution in [-0.2, 0) is 16.0 Å². The van der Waals surface area contributed by atoms with E-state index in [2.05, 4.69) is 5.32 Å². The molecule has 4 N–H and O–H groups in total. The van der Waals surface area contributed by atoms with Gasteiger partial charge in [-0.05, 0) is 45.2 Å². The number of aromatic hydroxyl groups is 1. The fourth-order valence-electron chi connectivity index (χ4n) is 2.27. The lowest BCUT2D eigenvalue weighted by molar-refractivity contribution is -0.159. The second kappa shape index (κ2) is 5.23. The van der Waals surface area contributed by atoms with Crippen LogP contribution in [0, 0.1) is 5.92 Å². The Bertz CT molecular complexity index is 488. The number of aryl methyl sites for hydroxylation is 1. The Morgan fingerprint density at radius 3 is 2.80 bits per heavy atom. The van der Waals surface area contributed by atoms with Gasteiger partial charge in [0.2, 0.25) is 0 Å². The van der Waals surface area contributed by atoms with Gasteiger partial charge in [-0.15, -0.1) is 0 Å². The van der Waals surface area contributed by atoms with E-state index < -0.39 is 5.60 Å². The second-order valence-electron chi connectivity index (χ2n) is 6.22. The van der Waals surface area contributed by atoms with E-state index in [4.69, 9.17) is 10.5 Å². The molecule has 2 rings (SSSR count). The molecule has 0 aliphatic carbocycles. The molecule has 5 heteroatoms. The molecule has 1 aromatic rings. The van der Waals surface area contributed by atoms with Crippen LogP contribution in [0.3, 0.4) is 0 Å². The van der Waals surface area contributed by atoms with E-state index in [1.807, 2.05) is 20.8 Å². The Balaban J connectivity index is 2.10. The zero-order valence-corrected chi connectivity index (χ0v) is 12.2. The van der Waals surface area contributed by atoms with E-state index in [0.717, 1.165) is 17.7 Å². The van der Waals surface area contributed by atoms with Gasteiger partial charge in [-0.1, -0.05) is 0 Å². The summed E-state index contributed by atoms with van der Waals surface area (Å²) in [6.07, 6.45) is 1.44. The van der Waals surface area contributed by atoms with Crippen LogP contribution in [0.25, 0.3) is 0 Å². The third-order valence-electron chi connectivity index (χ3n) is 3.29. The highest BCUT2D eigenvalue weighted by molar-refractivity contribution is 5.75. The van der Waals surface area contributed by atoms with Gasteiger partial charge in [0.15, 0.2) is 0 Å². The summed E-state index contributed by atoms with van der Waals surface area (Å²) in [5.74, 6) is -0.313. The molecule has 1 heterocycles. The molecule has 1 atom stereocenters. The van der Waals surface area contributed by atoms with Gasteiger partial charge in [0.05, 0.1) is 11.6 Å². The molecule has 110 valence electrons. The molecule has 0 fully saturated rings. The van der Waals surface area contributed by atoms with Gasteiger partial charge in [-0.3, -0.25) is 4.79 Å². The quantitative estimate of drug-likeness (QED) is 0.417. The molecule has 1 aromatic carbocycles. The first kappa shape index (κ1) is 14.5. The summed E-state index contributed by atoms with van der Waals surface area (Å²) in [5.41, 5.74) is 7.45. The average molecular weight is 278 g/mol. The Hall–Kier alpha value is -1.91. The van der Waals surface area contributed by atoms with Gasteiger partial charge in [-0.25, -0.2) is 0 Å². The molecule has 0 amide bonds. The molecule has 1 aliphatic heterocycles. The smallest absolute Gasteiger partial charge is 0.311 e. The van der Waals surface area contributed by atoms with Crippen molar-refractivity contribution in [2.24, 2.45) is 5.92 Å². The minimum Gasteiger partial charge on any atom is -0.506 e. The highest BCUT2D eigenvalue weighted by Gasteiger charge is 2.27. The van der Waals surface area contributed by atoms with E-state index in [-0.39, 0.29) is 17.6 Å². The Kier molecular flexibility index (Phi) is 3.79. The van der Waals surface area contributed by atoms with Crippen molar-refractivity contribution in [2.75, 3.05) is 17.6 Å². The predicted octanol–water partition coefficient (Wildman–Crippen LogP) is 2.29. The number of nitrogens with one attached hydrogen (secondary N) is 1. The van der Waals surface area contributed by atoms with Crippen molar-refractivity contribution in [3.8, 4) is 5.75 Å². The molecule has 5 nitrogen and oxygen atoms in total. The number of fused-ring (bicyclic) bond motifs is 1. The van der Waals surface area contributed by atoms with Crippen LogP contribution < -0.4 is 11.1 Å². The largest absolute Gasteiger partial charge is 0.506 e. The lowest BCUT2D eigenvalue weighted by Crippen LogP contribution is -2.31. The standard InChI is InChI=1S/C15H22N2O3/c1-15(2,3)20-14(19)10-5-4-9-6-11(16)13(18)7-12(9)17-8-10/h6-7,10,17-18H,4-5,8,16H2,1-3H3. The Morgan fingerprint density at radius 1 is 1.45 bits per heavy atom. The van der Waals surface area contributed by atoms with Gasteiger partial charge in [-0.2, -0.15) is 0 Å². The molecule has 0 spiro atoms. The van der Waals surface area contributed by atoms with Crippen LogP contribution in [-0.4, -0.2) is 23.2 Å². The number of ether oxygens (including phenoxy) is 1. The number of esters is 1.